The third-order valence-electron chi connectivity index (χ3n) is 1.75. The standard InChI is InChI=1S/C7H17N2O6S2/c1-16(12,13)8-17(14,15)7-4-9(2-5-10)3-6-11/h10-11H,2-7H2,1H3/q-1. The smallest absolute Gasteiger partial charge is 0.0842 e. The van der Waals surface area contributed by atoms with Crippen LogP contribution in [-0.2, 0) is 20.0 Å². The second kappa shape index (κ2) is 7.24. The van der Waals surface area contributed by atoms with E-state index in [1.165, 1.54) is 4.90 Å². The van der Waals surface area contributed by atoms with Gasteiger partial charge in [0.15, 0.2) is 0 Å². The Morgan fingerprint density at radius 1 is 1.00 bits per heavy atom. The summed E-state index contributed by atoms with van der Waals surface area (Å²) < 4.78 is 46.7. The Bertz CT molecular complexity index is 398. The fourth-order valence-electron chi connectivity index (χ4n) is 1.11. The van der Waals surface area contributed by atoms with E-state index in [0.717, 1.165) is 0 Å². The molecule has 2 N–H and O–H groups in total. The number of nitrogens with zero attached hydrogens (tertiary/aromatic N) is 2. The van der Waals surface area contributed by atoms with Crippen molar-refractivity contribution in [1.29, 1.82) is 0 Å². The van der Waals surface area contributed by atoms with Crippen molar-refractivity contribution < 1.29 is 27.0 Å². The second-order valence-electron chi connectivity index (χ2n) is 3.38. The fraction of sp³-hybridized carbons (Fsp3) is 1.00. The first-order valence-electron chi connectivity index (χ1n) is 4.81. The predicted molar refractivity (Wildman–Crippen MR) is 62.6 cm³/mol. The third kappa shape index (κ3) is 9.44. The molecule has 0 fully saturated rings. The molecule has 0 rings (SSSR count). The predicted octanol–water partition coefficient (Wildman–Crippen LogP) is -2.06. The van der Waals surface area contributed by atoms with E-state index in [4.69, 9.17) is 10.2 Å². The molecule has 0 radical (unpaired) electrons. The highest BCUT2D eigenvalue weighted by Gasteiger charge is 2.09. The number of aliphatic hydroxyl groups excluding tert-OH is 2. The van der Waals surface area contributed by atoms with E-state index in [-0.39, 0.29) is 32.8 Å². The lowest BCUT2D eigenvalue weighted by atomic mass is 10.5. The topological polar surface area (TPSA) is 126 Å². The minimum atomic E-state index is -4.04. The van der Waals surface area contributed by atoms with Crippen molar-refractivity contribution in [2.24, 2.45) is 0 Å². The van der Waals surface area contributed by atoms with Crippen LogP contribution in [0.1, 0.15) is 0 Å². The SMILES string of the molecule is CS(=O)(=O)[N-]S(=O)(=O)CCN(CCO)CCO. The summed E-state index contributed by atoms with van der Waals surface area (Å²) in [6.45, 7) is 0.0545. The van der Waals surface area contributed by atoms with E-state index in [9.17, 15) is 16.8 Å². The Labute approximate surface area is 101 Å². The number of hydrogen-bond donors (Lipinski definition) is 2. The van der Waals surface area contributed by atoms with Crippen LogP contribution < -0.4 is 0 Å². The number of aliphatic hydroxyl groups is 2. The zero-order valence-electron chi connectivity index (χ0n) is 9.48. The van der Waals surface area contributed by atoms with Gasteiger partial charge >= 0.3 is 0 Å². The van der Waals surface area contributed by atoms with E-state index in [0.29, 0.717) is 6.26 Å². The molecule has 0 spiro atoms. The molecular formula is C7H17N2O6S2-. The quantitative estimate of drug-likeness (QED) is 0.499. The van der Waals surface area contributed by atoms with Crippen LogP contribution in [0.15, 0.2) is 0 Å². The molecule has 0 saturated heterocycles. The Kier molecular flexibility index (Phi) is 7.13. The van der Waals surface area contributed by atoms with E-state index in [1.54, 1.807) is 0 Å². The van der Waals surface area contributed by atoms with Crippen LogP contribution in [0.4, 0.5) is 0 Å². The Morgan fingerprint density at radius 2 is 1.47 bits per heavy atom. The first-order chi connectivity index (χ1) is 7.70. The highest BCUT2D eigenvalue weighted by molar-refractivity contribution is 8.11. The van der Waals surface area contributed by atoms with Crippen LogP contribution in [0.2, 0.25) is 0 Å². The van der Waals surface area contributed by atoms with Crippen molar-refractivity contribution in [2.75, 3.05) is 44.9 Å². The fourth-order valence-corrected chi connectivity index (χ4v) is 3.54. The van der Waals surface area contributed by atoms with Gasteiger partial charge in [0, 0.05) is 31.6 Å². The van der Waals surface area contributed by atoms with Gasteiger partial charge in [-0.1, -0.05) is 0 Å². The summed E-state index contributed by atoms with van der Waals surface area (Å²) in [6, 6.07) is 0. The largest absolute Gasteiger partial charge is 0.436 e. The van der Waals surface area contributed by atoms with Gasteiger partial charge in [0.25, 0.3) is 0 Å². The van der Waals surface area contributed by atoms with E-state index >= 15 is 0 Å². The Balaban J connectivity index is 4.32. The molecule has 0 aromatic heterocycles. The molecule has 0 amide bonds. The first-order valence-corrected chi connectivity index (χ1v) is 8.27. The molecule has 10 heteroatoms. The van der Waals surface area contributed by atoms with Crippen molar-refractivity contribution in [1.82, 2.24) is 4.90 Å². The van der Waals surface area contributed by atoms with Crippen molar-refractivity contribution >= 4 is 20.0 Å². The summed E-state index contributed by atoms with van der Waals surface area (Å²) in [6.07, 6.45) is 0.698. The summed E-state index contributed by atoms with van der Waals surface area (Å²) in [7, 11) is -7.97. The highest BCUT2D eigenvalue weighted by Crippen LogP contribution is 2.08. The summed E-state index contributed by atoms with van der Waals surface area (Å²) in [5, 5.41) is 17.4. The minimum Gasteiger partial charge on any atom is -0.436 e. The van der Waals surface area contributed by atoms with Crippen molar-refractivity contribution in [3.8, 4) is 0 Å². The summed E-state index contributed by atoms with van der Waals surface area (Å²) in [4.78, 5) is 1.50. The summed E-state index contributed by atoms with van der Waals surface area (Å²) in [5.41, 5.74) is 0. The van der Waals surface area contributed by atoms with Gasteiger partial charge in [-0.25, -0.2) is 16.8 Å². The molecule has 0 aliphatic heterocycles. The monoisotopic (exact) mass is 289 g/mol. The number of hydrogen-bond acceptors (Lipinski definition) is 7. The van der Waals surface area contributed by atoms with Gasteiger partial charge in [0.05, 0.1) is 33.3 Å². The Hall–Kier alpha value is -0.260. The van der Waals surface area contributed by atoms with E-state index in [1.807, 2.05) is 0 Å². The normalized spacial score (nSPS) is 13.2. The van der Waals surface area contributed by atoms with Gasteiger partial charge in [-0.2, -0.15) is 0 Å². The van der Waals surface area contributed by atoms with Gasteiger partial charge in [0.2, 0.25) is 0 Å². The molecule has 104 valence electrons. The van der Waals surface area contributed by atoms with Crippen molar-refractivity contribution in [3.05, 3.63) is 4.13 Å². The first kappa shape index (κ1) is 16.7. The molecule has 0 heterocycles. The zero-order chi connectivity index (χ0) is 13.5. The average Bonchev–Trinajstić information content (AvgIpc) is 2.11. The maximum absolute atomic E-state index is 11.3. The molecule has 17 heavy (non-hydrogen) atoms. The lowest BCUT2D eigenvalue weighted by Crippen LogP contribution is -2.34. The number of sulfonamides is 2. The van der Waals surface area contributed by atoms with Crippen LogP contribution >= 0.6 is 0 Å². The van der Waals surface area contributed by atoms with Crippen molar-refractivity contribution in [3.63, 3.8) is 0 Å². The lowest BCUT2D eigenvalue weighted by Gasteiger charge is -2.23. The third-order valence-corrected chi connectivity index (χ3v) is 4.44. The molecule has 0 saturated carbocycles. The van der Waals surface area contributed by atoms with Crippen LogP contribution in [0.3, 0.4) is 0 Å². The molecule has 0 aliphatic rings. The van der Waals surface area contributed by atoms with E-state index < -0.39 is 25.8 Å². The molecule has 0 atom stereocenters. The maximum atomic E-state index is 11.3. The second-order valence-corrected chi connectivity index (χ2v) is 7.02. The van der Waals surface area contributed by atoms with Gasteiger partial charge < -0.3 is 14.3 Å². The molecular weight excluding hydrogens is 272 g/mol. The minimum absolute atomic E-state index is 0.00245. The summed E-state index contributed by atoms with van der Waals surface area (Å²) in [5.74, 6) is -0.472. The maximum Gasteiger partial charge on any atom is 0.0842 e. The summed E-state index contributed by atoms with van der Waals surface area (Å²) >= 11 is 0. The van der Waals surface area contributed by atoms with Gasteiger partial charge in [0.1, 0.15) is 0 Å². The zero-order valence-corrected chi connectivity index (χ0v) is 11.1. The average molecular weight is 289 g/mol. The molecule has 0 aromatic rings. The molecule has 0 unspecified atom stereocenters. The van der Waals surface area contributed by atoms with Crippen LogP contribution in [0.25, 0.3) is 4.13 Å². The van der Waals surface area contributed by atoms with E-state index in [2.05, 4.69) is 4.13 Å². The molecule has 0 aromatic carbocycles. The van der Waals surface area contributed by atoms with Crippen LogP contribution in [0.5, 0.6) is 0 Å². The van der Waals surface area contributed by atoms with Gasteiger partial charge in [-0.05, 0) is 0 Å². The lowest BCUT2D eigenvalue weighted by molar-refractivity contribution is 0.167. The van der Waals surface area contributed by atoms with Gasteiger partial charge in [-0.15, -0.1) is 0 Å². The molecule has 8 nitrogen and oxygen atoms in total. The Morgan fingerprint density at radius 3 is 1.82 bits per heavy atom. The van der Waals surface area contributed by atoms with Crippen LogP contribution in [0, 0.1) is 0 Å². The van der Waals surface area contributed by atoms with Gasteiger partial charge in [-0.3, -0.25) is 4.90 Å². The molecule has 0 aliphatic carbocycles. The van der Waals surface area contributed by atoms with Crippen molar-refractivity contribution in [2.45, 2.75) is 0 Å². The molecule has 0 bridgehead atoms. The number of rotatable bonds is 9. The van der Waals surface area contributed by atoms with Crippen LogP contribution in [-0.4, -0.2) is 76.8 Å². The highest BCUT2D eigenvalue weighted by atomic mass is 32.3.